The van der Waals surface area contributed by atoms with Crippen molar-refractivity contribution < 1.29 is 14.6 Å². The van der Waals surface area contributed by atoms with Gasteiger partial charge in [0.05, 0.1) is 19.6 Å². The quantitative estimate of drug-likeness (QED) is 0.317. The Morgan fingerprint density at radius 1 is 1.04 bits per heavy atom. The van der Waals surface area contributed by atoms with Gasteiger partial charge >= 0.3 is 0 Å². The fraction of sp³-hybridized carbons (Fsp3) is 0.0667. The van der Waals surface area contributed by atoms with Crippen LogP contribution in [-0.4, -0.2) is 23.8 Å². The van der Waals surface area contributed by atoms with Crippen molar-refractivity contribution in [1.82, 2.24) is 5.43 Å². The van der Waals surface area contributed by atoms with Crippen molar-refractivity contribution in [2.75, 3.05) is 6.61 Å². The van der Waals surface area contributed by atoms with E-state index in [1.807, 2.05) is 12.1 Å². The first-order valence-corrected chi connectivity index (χ1v) is 10.5. The average molecular weight is 665 g/mol. The molecule has 2 aromatic carbocycles. The number of hydrogen-bond donors (Lipinski definition) is 2. The number of aromatic hydroxyl groups is 1. The van der Waals surface area contributed by atoms with E-state index in [4.69, 9.17) is 4.74 Å². The number of phenolic OH excluding ortho intramolecular Hbond substituents is 1. The first kappa shape index (κ1) is 20.9. The van der Waals surface area contributed by atoms with Gasteiger partial charge in [0.25, 0.3) is 5.91 Å². The summed E-state index contributed by atoms with van der Waals surface area (Å²) in [6.45, 7) is -0.205. The van der Waals surface area contributed by atoms with Gasteiger partial charge in [-0.3, -0.25) is 4.79 Å². The summed E-state index contributed by atoms with van der Waals surface area (Å²) >= 11 is 16.7. The Labute approximate surface area is 185 Å². The minimum Gasteiger partial charge on any atom is -0.507 e. The number of nitrogens with one attached hydrogen (secondary N) is 1. The Hall–Kier alpha value is -0.420. The zero-order valence-electron chi connectivity index (χ0n) is 12.2. The van der Waals surface area contributed by atoms with Crippen LogP contribution in [0.3, 0.4) is 0 Å². The first-order valence-electron chi connectivity index (χ1n) is 6.55. The van der Waals surface area contributed by atoms with Gasteiger partial charge in [0.1, 0.15) is 11.5 Å². The van der Waals surface area contributed by atoms with Crippen molar-refractivity contribution in [2.24, 2.45) is 5.10 Å². The van der Waals surface area contributed by atoms with Gasteiger partial charge in [-0.05, 0) is 72.1 Å². The molecular formula is C15H9Br5N2O3. The highest BCUT2D eigenvalue weighted by atomic mass is 79.9. The second kappa shape index (κ2) is 9.50. The molecule has 5 nitrogen and oxygen atoms in total. The zero-order chi connectivity index (χ0) is 18.6. The normalized spacial score (nSPS) is 10.9. The Morgan fingerprint density at radius 3 is 2.32 bits per heavy atom. The lowest BCUT2D eigenvalue weighted by atomic mass is 10.2. The largest absolute Gasteiger partial charge is 0.507 e. The molecule has 0 saturated heterocycles. The van der Waals surface area contributed by atoms with E-state index in [1.165, 1.54) is 12.3 Å². The van der Waals surface area contributed by atoms with Gasteiger partial charge in [-0.15, -0.1) is 0 Å². The highest BCUT2D eigenvalue weighted by Gasteiger charge is 2.10. The Balaban J connectivity index is 1.94. The molecule has 0 fully saturated rings. The predicted octanol–water partition coefficient (Wildman–Crippen LogP) is 5.73. The van der Waals surface area contributed by atoms with Crippen molar-refractivity contribution in [3.63, 3.8) is 0 Å². The molecule has 0 spiro atoms. The molecule has 2 rings (SSSR count). The summed E-state index contributed by atoms with van der Waals surface area (Å²) in [5.74, 6) is 0.169. The molecule has 132 valence electrons. The molecule has 0 aliphatic carbocycles. The van der Waals surface area contributed by atoms with E-state index in [1.54, 1.807) is 6.07 Å². The summed E-state index contributed by atoms with van der Waals surface area (Å²) in [5, 5.41) is 13.5. The minimum absolute atomic E-state index is 0.0734. The van der Waals surface area contributed by atoms with E-state index in [-0.39, 0.29) is 12.4 Å². The third-order valence-corrected chi connectivity index (χ3v) is 5.73. The molecule has 0 heterocycles. The molecule has 0 aliphatic heterocycles. The van der Waals surface area contributed by atoms with Gasteiger partial charge in [0.2, 0.25) is 0 Å². The molecule has 2 aromatic rings. The molecule has 0 aromatic heterocycles. The van der Waals surface area contributed by atoms with Crippen LogP contribution < -0.4 is 10.2 Å². The van der Waals surface area contributed by atoms with Gasteiger partial charge in [0, 0.05) is 14.5 Å². The standard InChI is InChI=1S/C15H9Br5N2O3/c16-8-2-11(19)15(12(20)3-8)25-6-14(24)22-21-5-7-1-13(23)10(18)4-9(7)17/h1-5,23H,6H2,(H,22,24). The Kier molecular flexibility index (Phi) is 7.93. The van der Waals surface area contributed by atoms with Gasteiger partial charge in [-0.25, -0.2) is 5.43 Å². The minimum atomic E-state index is -0.421. The van der Waals surface area contributed by atoms with Crippen molar-refractivity contribution in [1.29, 1.82) is 0 Å². The number of phenols is 1. The number of carbonyl (C=O) groups excluding carboxylic acids is 1. The number of benzene rings is 2. The van der Waals surface area contributed by atoms with Gasteiger partial charge in [-0.1, -0.05) is 31.9 Å². The van der Waals surface area contributed by atoms with Gasteiger partial charge in [-0.2, -0.15) is 5.10 Å². The fourth-order valence-corrected chi connectivity index (χ4v) is 5.25. The number of hydrogen-bond acceptors (Lipinski definition) is 4. The SMILES string of the molecule is O=C(COc1c(Br)cc(Br)cc1Br)NN=Cc1cc(O)c(Br)cc1Br. The van der Waals surface area contributed by atoms with Crippen molar-refractivity contribution in [3.8, 4) is 11.5 Å². The Morgan fingerprint density at radius 2 is 1.68 bits per heavy atom. The van der Waals surface area contributed by atoms with Gasteiger partial charge in [0.15, 0.2) is 6.61 Å². The topological polar surface area (TPSA) is 70.9 Å². The number of halogens is 5. The number of ether oxygens (including phenoxy) is 1. The first-order chi connectivity index (χ1) is 11.8. The molecule has 0 radical (unpaired) electrons. The smallest absolute Gasteiger partial charge is 0.277 e. The van der Waals surface area contributed by atoms with E-state index in [0.29, 0.717) is 29.2 Å². The number of nitrogens with zero attached hydrogens (tertiary/aromatic N) is 1. The number of amides is 1. The van der Waals surface area contributed by atoms with Crippen LogP contribution in [0.2, 0.25) is 0 Å². The van der Waals surface area contributed by atoms with Crippen molar-refractivity contribution >= 4 is 91.8 Å². The molecule has 1 amide bonds. The lowest BCUT2D eigenvalue weighted by Crippen LogP contribution is -2.24. The lowest BCUT2D eigenvalue weighted by molar-refractivity contribution is -0.123. The van der Waals surface area contributed by atoms with Crippen LogP contribution in [0.25, 0.3) is 0 Å². The molecule has 10 heteroatoms. The van der Waals surface area contributed by atoms with Crippen LogP contribution in [0.1, 0.15) is 5.56 Å². The molecule has 0 unspecified atom stereocenters. The zero-order valence-corrected chi connectivity index (χ0v) is 20.1. The third kappa shape index (κ3) is 6.06. The molecule has 2 N–H and O–H groups in total. The van der Waals surface area contributed by atoms with Crippen LogP contribution in [-0.2, 0) is 4.79 Å². The summed E-state index contributed by atoms with van der Waals surface area (Å²) < 4.78 is 9.05. The summed E-state index contributed by atoms with van der Waals surface area (Å²) in [5.41, 5.74) is 2.98. The maximum Gasteiger partial charge on any atom is 0.277 e. The van der Waals surface area contributed by atoms with Crippen molar-refractivity contribution in [2.45, 2.75) is 0 Å². The molecule has 0 aliphatic rings. The molecule has 0 saturated carbocycles. The van der Waals surface area contributed by atoms with Crippen LogP contribution in [0, 0.1) is 0 Å². The summed E-state index contributed by atoms with van der Waals surface area (Å²) in [6.07, 6.45) is 1.42. The number of carbonyl (C=O) groups is 1. The number of rotatable bonds is 5. The summed E-state index contributed by atoms with van der Waals surface area (Å²) in [4.78, 5) is 11.8. The summed E-state index contributed by atoms with van der Waals surface area (Å²) in [7, 11) is 0. The fourth-order valence-electron chi connectivity index (χ4n) is 1.66. The van der Waals surface area contributed by atoms with Crippen LogP contribution in [0.4, 0.5) is 0 Å². The highest BCUT2D eigenvalue weighted by Crippen LogP contribution is 2.36. The average Bonchev–Trinajstić information content (AvgIpc) is 2.51. The van der Waals surface area contributed by atoms with Crippen LogP contribution in [0.15, 0.2) is 51.7 Å². The van der Waals surface area contributed by atoms with E-state index >= 15 is 0 Å². The van der Waals surface area contributed by atoms with E-state index < -0.39 is 5.91 Å². The second-order valence-electron chi connectivity index (χ2n) is 4.61. The maximum atomic E-state index is 11.8. The summed E-state index contributed by atoms with van der Waals surface area (Å²) in [6, 6.07) is 6.82. The highest BCUT2D eigenvalue weighted by molar-refractivity contribution is 9.12. The predicted molar refractivity (Wildman–Crippen MR) is 114 cm³/mol. The number of hydrazone groups is 1. The monoisotopic (exact) mass is 660 g/mol. The molecule has 0 bridgehead atoms. The van der Waals surface area contributed by atoms with Gasteiger partial charge < -0.3 is 9.84 Å². The second-order valence-corrected chi connectivity index (χ2v) is 8.94. The third-order valence-electron chi connectivity index (χ3n) is 2.77. The van der Waals surface area contributed by atoms with E-state index in [2.05, 4.69) is 90.2 Å². The van der Waals surface area contributed by atoms with E-state index in [0.717, 1.165) is 4.47 Å². The maximum absolute atomic E-state index is 11.8. The van der Waals surface area contributed by atoms with Crippen molar-refractivity contribution in [3.05, 3.63) is 52.2 Å². The van der Waals surface area contributed by atoms with Crippen LogP contribution >= 0.6 is 79.6 Å². The van der Waals surface area contributed by atoms with E-state index in [9.17, 15) is 9.90 Å². The molecular weight excluding hydrogens is 656 g/mol. The lowest BCUT2D eigenvalue weighted by Gasteiger charge is -2.10. The molecule has 25 heavy (non-hydrogen) atoms. The molecule has 0 atom stereocenters. The Bertz CT molecular complexity index is 819. The van der Waals surface area contributed by atoms with Crippen LogP contribution in [0.5, 0.6) is 11.5 Å².